The standard InChI is InChI=1S/C21H22ClN3O5S/c1-2-30-20(26)12-15-14-5-3-4-6-17(14)25-18(15)9-10-24-21(27)13-7-8-16(22)19(11-13)31(23,28)29/h3-8,11,25H,2,9-10,12H2,1H3,(H,24,27)(H2,23,28,29). The molecule has 0 aliphatic heterocycles. The number of esters is 1. The number of ether oxygens (including phenoxy) is 1. The van der Waals surface area contributed by atoms with E-state index < -0.39 is 15.9 Å². The van der Waals surface area contributed by atoms with Gasteiger partial charge in [-0.3, -0.25) is 9.59 Å². The third-order valence-corrected chi connectivity index (χ3v) is 6.08. The Bertz CT molecular complexity index is 1240. The highest BCUT2D eigenvalue weighted by Gasteiger charge is 2.18. The summed E-state index contributed by atoms with van der Waals surface area (Å²) in [6.07, 6.45) is 0.556. The summed E-state index contributed by atoms with van der Waals surface area (Å²) in [6, 6.07) is 11.5. The van der Waals surface area contributed by atoms with E-state index in [0.717, 1.165) is 28.2 Å². The first-order valence-electron chi connectivity index (χ1n) is 9.55. The molecule has 0 spiro atoms. The predicted octanol–water partition coefficient (Wildman–Crippen LogP) is 2.55. The van der Waals surface area contributed by atoms with Crippen molar-refractivity contribution in [3.63, 3.8) is 0 Å². The molecule has 31 heavy (non-hydrogen) atoms. The van der Waals surface area contributed by atoms with Crippen LogP contribution in [0.3, 0.4) is 0 Å². The second kappa shape index (κ2) is 9.51. The van der Waals surface area contributed by atoms with Crippen molar-refractivity contribution in [3.05, 3.63) is 64.3 Å². The van der Waals surface area contributed by atoms with Crippen molar-refractivity contribution >= 4 is 44.4 Å². The SMILES string of the molecule is CCOC(=O)Cc1c(CCNC(=O)c2ccc(Cl)c(S(N)(=O)=O)c2)[nH]c2ccccc12. The normalized spacial score (nSPS) is 11.5. The average Bonchev–Trinajstić information content (AvgIpc) is 3.05. The van der Waals surface area contributed by atoms with E-state index in [-0.39, 0.29) is 34.4 Å². The lowest BCUT2D eigenvalue weighted by atomic mass is 10.1. The maximum atomic E-state index is 12.5. The molecule has 1 heterocycles. The fraction of sp³-hybridized carbons (Fsp3) is 0.238. The highest BCUT2D eigenvalue weighted by atomic mass is 35.5. The van der Waals surface area contributed by atoms with Crippen molar-refractivity contribution in [1.82, 2.24) is 10.3 Å². The maximum absolute atomic E-state index is 12.5. The number of nitrogens with one attached hydrogen (secondary N) is 2. The number of fused-ring (bicyclic) bond motifs is 1. The van der Waals surface area contributed by atoms with Crippen molar-refractivity contribution in [2.75, 3.05) is 13.2 Å². The molecule has 0 unspecified atom stereocenters. The number of carbonyl (C=O) groups excluding carboxylic acids is 2. The maximum Gasteiger partial charge on any atom is 0.310 e. The lowest BCUT2D eigenvalue weighted by molar-refractivity contribution is -0.142. The summed E-state index contributed by atoms with van der Waals surface area (Å²) in [6.45, 7) is 2.31. The molecule has 0 atom stereocenters. The van der Waals surface area contributed by atoms with Crippen LogP contribution in [0.5, 0.6) is 0 Å². The van der Waals surface area contributed by atoms with Gasteiger partial charge < -0.3 is 15.0 Å². The number of amides is 1. The van der Waals surface area contributed by atoms with Crippen molar-refractivity contribution in [3.8, 4) is 0 Å². The number of hydrogen-bond acceptors (Lipinski definition) is 5. The Kier molecular flexibility index (Phi) is 6.99. The number of sulfonamides is 1. The Morgan fingerprint density at radius 1 is 1.19 bits per heavy atom. The van der Waals surface area contributed by atoms with Gasteiger partial charge in [0.2, 0.25) is 10.0 Å². The number of nitrogens with two attached hydrogens (primary N) is 1. The van der Waals surface area contributed by atoms with Crippen LogP contribution in [0.1, 0.15) is 28.5 Å². The smallest absolute Gasteiger partial charge is 0.310 e. The zero-order chi connectivity index (χ0) is 22.6. The van der Waals surface area contributed by atoms with E-state index in [1.165, 1.54) is 12.1 Å². The van der Waals surface area contributed by atoms with E-state index in [2.05, 4.69) is 10.3 Å². The molecule has 1 amide bonds. The number of halogens is 1. The Morgan fingerprint density at radius 3 is 2.65 bits per heavy atom. The van der Waals surface area contributed by atoms with Crippen LogP contribution in [0, 0.1) is 0 Å². The van der Waals surface area contributed by atoms with Gasteiger partial charge in [0.1, 0.15) is 4.90 Å². The van der Waals surface area contributed by atoms with Crippen LogP contribution in [0.25, 0.3) is 10.9 Å². The van der Waals surface area contributed by atoms with E-state index in [0.29, 0.717) is 13.0 Å². The first kappa shape index (κ1) is 22.8. The molecule has 0 bridgehead atoms. The molecule has 0 saturated heterocycles. The van der Waals surface area contributed by atoms with E-state index in [1.807, 2.05) is 24.3 Å². The average molecular weight is 464 g/mol. The molecule has 0 saturated carbocycles. The third kappa shape index (κ3) is 5.43. The van der Waals surface area contributed by atoms with Crippen LogP contribution in [-0.4, -0.2) is 38.4 Å². The van der Waals surface area contributed by atoms with Crippen LogP contribution < -0.4 is 10.5 Å². The second-order valence-corrected chi connectivity index (χ2v) is 8.74. The minimum atomic E-state index is -4.05. The molecule has 10 heteroatoms. The number of H-pyrrole nitrogens is 1. The van der Waals surface area contributed by atoms with Crippen molar-refractivity contribution in [2.24, 2.45) is 5.14 Å². The zero-order valence-corrected chi connectivity index (χ0v) is 18.3. The van der Waals surface area contributed by atoms with Gasteiger partial charge in [0.25, 0.3) is 5.91 Å². The largest absolute Gasteiger partial charge is 0.466 e. The van der Waals surface area contributed by atoms with Crippen molar-refractivity contribution in [2.45, 2.75) is 24.7 Å². The van der Waals surface area contributed by atoms with E-state index in [9.17, 15) is 18.0 Å². The molecule has 2 aromatic carbocycles. The summed E-state index contributed by atoms with van der Waals surface area (Å²) in [5.41, 5.74) is 2.65. The first-order valence-corrected chi connectivity index (χ1v) is 11.5. The summed E-state index contributed by atoms with van der Waals surface area (Å²) in [5.74, 6) is -0.793. The Balaban J connectivity index is 1.75. The van der Waals surface area contributed by atoms with Gasteiger partial charge in [-0.15, -0.1) is 0 Å². The second-order valence-electron chi connectivity index (χ2n) is 6.81. The van der Waals surface area contributed by atoms with Crippen LogP contribution in [0.2, 0.25) is 5.02 Å². The number of benzene rings is 2. The van der Waals surface area contributed by atoms with Crippen LogP contribution >= 0.6 is 11.6 Å². The number of primary sulfonamides is 1. The summed E-state index contributed by atoms with van der Waals surface area (Å²) in [7, 11) is -4.05. The fourth-order valence-corrected chi connectivity index (χ4v) is 4.36. The van der Waals surface area contributed by atoms with E-state index >= 15 is 0 Å². The molecule has 164 valence electrons. The Labute approximate surface area is 184 Å². The molecular weight excluding hydrogens is 442 g/mol. The van der Waals surface area contributed by atoms with E-state index in [4.69, 9.17) is 21.5 Å². The van der Waals surface area contributed by atoms with Gasteiger partial charge in [-0.05, 0) is 36.8 Å². The minimum Gasteiger partial charge on any atom is -0.466 e. The Morgan fingerprint density at radius 2 is 1.94 bits per heavy atom. The van der Waals surface area contributed by atoms with Crippen LogP contribution in [0.15, 0.2) is 47.4 Å². The number of carbonyl (C=O) groups is 2. The van der Waals surface area contributed by atoms with Crippen LogP contribution in [-0.2, 0) is 32.4 Å². The number of para-hydroxylation sites is 1. The Hall–Kier alpha value is -2.88. The number of aromatic amines is 1. The molecule has 0 radical (unpaired) electrons. The minimum absolute atomic E-state index is 0.0549. The van der Waals surface area contributed by atoms with Gasteiger partial charge in [0.15, 0.2) is 0 Å². The molecule has 8 nitrogen and oxygen atoms in total. The third-order valence-electron chi connectivity index (χ3n) is 4.69. The first-order chi connectivity index (χ1) is 14.7. The molecule has 0 aliphatic rings. The zero-order valence-electron chi connectivity index (χ0n) is 16.8. The molecular formula is C21H22ClN3O5S. The highest BCUT2D eigenvalue weighted by Crippen LogP contribution is 2.24. The number of aromatic nitrogens is 1. The summed E-state index contributed by atoms with van der Waals surface area (Å²) in [4.78, 5) is 27.5. The lowest BCUT2D eigenvalue weighted by Crippen LogP contribution is -2.26. The lowest BCUT2D eigenvalue weighted by Gasteiger charge is -2.09. The quantitative estimate of drug-likeness (QED) is 0.442. The van der Waals surface area contributed by atoms with Gasteiger partial charge in [0, 0.05) is 35.1 Å². The summed E-state index contributed by atoms with van der Waals surface area (Å²) >= 11 is 5.86. The molecule has 4 N–H and O–H groups in total. The number of hydrogen-bond donors (Lipinski definition) is 3. The molecule has 0 aliphatic carbocycles. The fourth-order valence-electron chi connectivity index (χ4n) is 3.29. The van der Waals surface area contributed by atoms with Crippen molar-refractivity contribution in [1.29, 1.82) is 0 Å². The molecule has 0 fully saturated rings. The predicted molar refractivity (Wildman–Crippen MR) is 117 cm³/mol. The molecule has 3 aromatic rings. The van der Waals surface area contributed by atoms with Gasteiger partial charge in [-0.2, -0.15) is 0 Å². The molecule has 1 aromatic heterocycles. The topological polar surface area (TPSA) is 131 Å². The van der Waals surface area contributed by atoms with Gasteiger partial charge >= 0.3 is 5.97 Å². The monoisotopic (exact) mass is 463 g/mol. The van der Waals surface area contributed by atoms with Gasteiger partial charge in [0.05, 0.1) is 18.1 Å². The summed E-state index contributed by atoms with van der Waals surface area (Å²) < 4.78 is 28.3. The van der Waals surface area contributed by atoms with Gasteiger partial charge in [-0.25, -0.2) is 13.6 Å². The van der Waals surface area contributed by atoms with Crippen molar-refractivity contribution < 1.29 is 22.7 Å². The summed E-state index contributed by atoms with van der Waals surface area (Å²) in [5, 5.41) is 8.74. The highest BCUT2D eigenvalue weighted by molar-refractivity contribution is 7.89. The molecule has 3 rings (SSSR count). The van der Waals surface area contributed by atoms with Crippen LogP contribution in [0.4, 0.5) is 0 Å². The van der Waals surface area contributed by atoms with Gasteiger partial charge in [-0.1, -0.05) is 29.8 Å². The number of rotatable bonds is 8. The van der Waals surface area contributed by atoms with E-state index in [1.54, 1.807) is 6.92 Å².